The van der Waals surface area contributed by atoms with Gasteiger partial charge in [0.15, 0.2) is 0 Å². The van der Waals surface area contributed by atoms with Crippen LogP contribution in [0.3, 0.4) is 0 Å². The maximum absolute atomic E-state index is 11.8. The summed E-state index contributed by atoms with van der Waals surface area (Å²) in [5.74, 6) is 0.968. The molecule has 0 saturated heterocycles. The number of hydrogen-bond donors (Lipinski definition) is 3. The zero-order valence-corrected chi connectivity index (χ0v) is 14.7. The monoisotopic (exact) mass is 369 g/mol. The Hall–Kier alpha value is -3.62. The van der Waals surface area contributed by atoms with Gasteiger partial charge in [0.2, 0.25) is 17.6 Å². The van der Waals surface area contributed by atoms with Gasteiger partial charge in [-0.05, 0) is 42.8 Å². The second kappa shape index (κ2) is 8.65. The van der Waals surface area contributed by atoms with Crippen LogP contribution in [-0.2, 0) is 11.2 Å². The van der Waals surface area contributed by atoms with Gasteiger partial charge >= 0.3 is 0 Å². The van der Waals surface area contributed by atoms with Gasteiger partial charge in [0.1, 0.15) is 11.4 Å². The molecule has 0 saturated carbocycles. The molecule has 0 unspecified atom stereocenters. The summed E-state index contributed by atoms with van der Waals surface area (Å²) in [6.45, 7) is 0. The molecule has 3 N–H and O–H groups in total. The molecule has 2 aromatic heterocycles. The number of aromatic amines is 1. The van der Waals surface area contributed by atoms with E-state index in [0.717, 1.165) is 11.3 Å². The van der Waals surface area contributed by atoms with Crippen LogP contribution < -0.4 is 15.6 Å². The largest absolute Gasteiger partial charge is 0.497 e. The first-order chi connectivity index (χ1) is 13.2. The van der Waals surface area contributed by atoms with Crippen molar-refractivity contribution in [2.75, 3.05) is 7.11 Å². The van der Waals surface area contributed by atoms with Crippen molar-refractivity contribution in [1.29, 1.82) is 0 Å². The van der Waals surface area contributed by atoms with Crippen LogP contribution in [0.5, 0.6) is 5.75 Å². The molecule has 0 radical (unpaired) electrons. The fourth-order valence-corrected chi connectivity index (χ4v) is 2.34. The Morgan fingerprint density at radius 1 is 1.19 bits per heavy atom. The Balaban J connectivity index is 1.42. The lowest BCUT2D eigenvalue weighted by molar-refractivity contribution is -0.121. The van der Waals surface area contributed by atoms with Crippen molar-refractivity contribution in [3.05, 3.63) is 54.2 Å². The van der Waals surface area contributed by atoms with E-state index in [1.54, 1.807) is 25.4 Å². The summed E-state index contributed by atoms with van der Waals surface area (Å²) >= 11 is 0. The van der Waals surface area contributed by atoms with Gasteiger partial charge in [-0.1, -0.05) is 5.16 Å². The molecule has 0 spiro atoms. The second-order valence-corrected chi connectivity index (χ2v) is 5.68. The number of carbonyl (C=O) groups excluding carboxylic acids is 2. The van der Waals surface area contributed by atoms with Crippen LogP contribution in [0.25, 0.3) is 11.4 Å². The highest BCUT2D eigenvalue weighted by atomic mass is 16.5. The fourth-order valence-electron chi connectivity index (χ4n) is 2.34. The summed E-state index contributed by atoms with van der Waals surface area (Å²) in [5, 5.41) is 3.94. The van der Waals surface area contributed by atoms with E-state index in [4.69, 9.17) is 9.26 Å². The summed E-state index contributed by atoms with van der Waals surface area (Å²) in [6, 6.07) is 10.6. The van der Waals surface area contributed by atoms with Gasteiger partial charge in [-0.25, -0.2) is 0 Å². The third-order valence-corrected chi connectivity index (χ3v) is 3.77. The Morgan fingerprint density at radius 3 is 2.70 bits per heavy atom. The quantitative estimate of drug-likeness (QED) is 0.546. The average Bonchev–Trinajstić information content (AvgIpc) is 3.38. The van der Waals surface area contributed by atoms with Crippen molar-refractivity contribution in [3.8, 4) is 17.1 Å². The number of H-pyrrole nitrogens is 1. The number of hydrogen-bond acceptors (Lipinski definition) is 6. The van der Waals surface area contributed by atoms with Crippen LogP contribution in [0.2, 0.25) is 0 Å². The molecule has 0 aliphatic rings. The highest BCUT2D eigenvalue weighted by Crippen LogP contribution is 2.20. The predicted molar refractivity (Wildman–Crippen MR) is 95.6 cm³/mol. The van der Waals surface area contributed by atoms with Crippen molar-refractivity contribution >= 4 is 11.8 Å². The van der Waals surface area contributed by atoms with Crippen LogP contribution in [0, 0.1) is 0 Å². The van der Waals surface area contributed by atoms with Gasteiger partial charge in [0, 0.05) is 24.6 Å². The van der Waals surface area contributed by atoms with Gasteiger partial charge in [-0.15, -0.1) is 0 Å². The maximum atomic E-state index is 11.8. The Bertz CT molecular complexity index is 887. The second-order valence-electron chi connectivity index (χ2n) is 5.68. The van der Waals surface area contributed by atoms with Crippen LogP contribution in [-0.4, -0.2) is 34.0 Å². The number of ether oxygens (including phenoxy) is 1. The summed E-state index contributed by atoms with van der Waals surface area (Å²) in [7, 11) is 1.60. The normalized spacial score (nSPS) is 10.4. The lowest BCUT2D eigenvalue weighted by Gasteiger charge is -2.05. The topological polar surface area (TPSA) is 122 Å². The third kappa shape index (κ3) is 4.94. The van der Waals surface area contributed by atoms with E-state index in [1.165, 1.54) is 0 Å². The van der Waals surface area contributed by atoms with Crippen LogP contribution >= 0.6 is 0 Å². The SMILES string of the molecule is COc1ccc(-c2noc(CCCC(=O)NNC(=O)c3ccc[nH]3)n2)cc1. The Labute approximate surface area is 155 Å². The van der Waals surface area contributed by atoms with Gasteiger partial charge in [-0.3, -0.25) is 20.4 Å². The van der Waals surface area contributed by atoms with Crippen LogP contribution in [0.4, 0.5) is 0 Å². The summed E-state index contributed by atoms with van der Waals surface area (Å²) in [6.07, 6.45) is 2.81. The summed E-state index contributed by atoms with van der Waals surface area (Å²) < 4.78 is 10.3. The molecule has 0 bridgehead atoms. The molecule has 0 aliphatic heterocycles. The van der Waals surface area contributed by atoms with Crippen LogP contribution in [0.15, 0.2) is 47.1 Å². The standard InChI is InChI=1S/C18H19N5O4/c1-26-13-9-7-12(8-10-13)17-20-16(27-23-17)6-2-5-15(24)21-22-18(25)14-4-3-11-19-14/h3-4,7-11,19H,2,5-6H2,1H3,(H,21,24)(H,22,25). The fraction of sp³-hybridized carbons (Fsp3) is 0.222. The first-order valence-corrected chi connectivity index (χ1v) is 8.35. The number of aromatic nitrogens is 3. The third-order valence-electron chi connectivity index (χ3n) is 3.77. The molecule has 140 valence electrons. The summed E-state index contributed by atoms with van der Waals surface area (Å²) in [4.78, 5) is 30.5. The van der Waals surface area contributed by atoms with Gasteiger partial charge < -0.3 is 14.2 Å². The average molecular weight is 369 g/mol. The first kappa shape index (κ1) is 18.2. The van der Waals surface area contributed by atoms with Gasteiger partial charge in [0.05, 0.1) is 7.11 Å². The smallest absolute Gasteiger partial charge is 0.286 e. The van der Waals surface area contributed by atoms with E-state index in [9.17, 15) is 9.59 Å². The molecule has 2 heterocycles. The van der Waals surface area contributed by atoms with E-state index in [0.29, 0.717) is 30.3 Å². The molecular weight excluding hydrogens is 350 g/mol. The van der Waals surface area contributed by atoms with E-state index in [1.807, 2.05) is 24.3 Å². The molecule has 0 fully saturated rings. The molecule has 27 heavy (non-hydrogen) atoms. The zero-order chi connectivity index (χ0) is 19.1. The molecule has 9 nitrogen and oxygen atoms in total. The minimum absolute atomic E-state index is 0.214. The Morgan fingerprint density at radius 2 is 2.00 bits per heavy atom. The molecule has 1 aromatic carbocycles. The highest BCUT2D eigenvalue weighted by Gasteiger charge is 2.11. The van der Waals surface area contributed by atoms with Crippen molar-refractivity contribution in [3.63, 3.8) is 0 Å². The lowest BCUT2D eigenvalue weighted by atomic mass is 10.2. The lowest BCUT2D eigenvalue weighted by Crippen LogP contribution is -2.41. The number of nitrogens with zero attached hydrogens (tertiary/aromatic N) is 2. The zero-order valence-electron chi connectivity index (χ0n) is 14.7. The molecule has 3 rings (SSSR count). The van der Waals surface area contributed by atoms with Gasteiger partial charge in [-0.2, -0.15) is 4.98 Å². The minimum atomic E-state index is -0.408. The number of rotatable bonds is 7. The first-order valence-electron chi connectivity index (χ1n) is 8.35. The number of hydrazine groups is 1. The van der Waals surface area contributed by atoms with E-state index in [2.05, 4.69) is 26.0 Å². The molecular formula is C18H19N5O4. The molecule has 2 amide bonds. The molecule has 0 aliphatic carbocycles. The van der Waals surface area contributed by atoms with Gasteiger partial charge in [0.25, 0.3) is 5.91 Å². The van der Waals surface area contributed by atoms with Crippen molar-refractivity contribution < 1.29 is 18.8 Å². The molecule has 3 aromatic rings. The minimum Gasteiger partial charge on any atom is -0.497 e. The number of carbonyl (C=O) groups is 2. The number of benzene rings is 1. The number of methoxy groups -OCH3 is 1. The Kier molecular flexibility index (Phi) is 5.83. The van der Waals surface area contributed by atoms with E-state index >= 15 is 0 Å². The number of nitrogens with one attached hydrogen (secondary N) is 3. The molecule has 0 atom stereocenters. The molecule has 9 heteroatoms. The number of aryl methyl sites for hydroxylation is 1. The highest BCUT2D eigenvalue weighted by molar-refractivity contribution is 5.93. The van der Waals surface area contributed by atoms with E-state index < -0.39 is 5.91 Å². The van der Waals surface area contributed by atoms with E-state index in [-0.39, 0.29) is 12.3 Å². The maximum Gasteiger partial charge on any atom is 0.286 e. The van der Waals surface area contributed by atoms with Crippen molar-refractivity contribution in [1.82, 2.24) is 26.0 Å². The van der Waals surface area contributed by atoms with Crippen molar-refractivity contribution in [2.24, 2.45) is 0 Å². The van der Waals surface area contributed by atoms with Crippen LogP contribution in [0.1, 0.15) is 29.2 Å². The summed E-state index contributed by atoms with van der Waals surface area (Å²) in [5.41, 5.74) is 5.88. The van der Waals surface area contributed by atoms with Crippen molar-refractivity contribution in [2.45, 2.75) is 19.3 Å². The number of amides is 2. The predicted octanol–water partition coefficient (Wildman–Crippen LogP) is 1.86.